The Morgan fingerprint density at radius 1 is 1.10 bits per heavy atom. The first kappa shape index (κ1) is 22.9. The lowest BCUT2D eigenvalue weighted by molar-refractivity contribution is -0.121. The molecule has 0 aliphatic heterocycles. The third kappa shape index (κ3) is 6.58. The standard InChI is InChI=1S/C26H35N3O2/c1-4-9-26(30)27-17-16-25-28-23-10-5-6-11-24(23)29(25)18-7-8-19-31-22-14-12-21(13-15-22)20(2)3/h5-6,10-15,20H,4,7-9,16-19H2,1-3H3,(H,27,30). The highest BCUT2D eigenvalue weighted by Gasteiger charge is 2.10. The van der Waals surface area contributed by atoms with Gasteiger partial charge >= 0.3 is 0 Å². The Hall–Kier alpha value is -2.82. The van der Waals surface area contributed by atoms with Gasteiger partial charge in [0.15, 0.2) is 0 Å². The van der Waals surface area contributed by atoms with Crippen molar-refractivity contribution >= 4 is 16.9 Å². The molecule has 0 saturated carbocycles. The molecule has 31 heavy (non-hydrogen) atoms. The highest BCUT2D eigenvalue weighted by molar-refractivity contribution is 5.76. The predicted molar refractivity (Wildman–Crippen MR) is 127 cm³/mol. The van der Waals surface area contributed by atoms with Crippen molar-refractivity contribution in [2.75, 3.05) is 13.2 Å². The molecule has 2 aromatic carbocycles. The number of amides is 1. The minimum Gasteiger partial charge on any atom is -0.494 e. The van der Waals surface area contributed by atoms with Crippen LogP contribution in [-0.2, 0) is 17.8 Å². The predicted octanol–water partition coefficient (Wildman–Crippen LogP) is 5.48. The molecule has 0 radical (unpaired) electrons. The SMILES string of the molecule is CCCC(=O)NCCc1nc2ccccc2n1CCCCOc1ccc(C(C)C)cc1. The Labute approximate surface area is 185 Å². The number of carbonyl (C=O) groups excluding carboxylic acids is 1. The number of nitrogens with zero attached hydrogens (tertiary/aromatic N) is 2. The van der Waals surface area contributed by atoms with Crippen LogP contribution in [-0.4, -0.2) is 28.6 Å². The second-order valence-corrected chi connectivity index (χ2v) is 8.30. The van der Waals surface area contributed by atoms with Crippen LogP contribution in [0.25, 0.3) is 11.0 Å². The van der Waals surface area contributed by atoms with Gasteiger partial charge in [-0.1, -0.05) is 45.0 Å². The van der Waals surface area contributed by atoms with Gasteiger partial charge in [-0.15, -0.1) is 0 Å². The quantitative estimate of drug-likeness (QED) is 0.394. The second kappa shape index (κ2) is 11.5. The Morgan fingerprint density at radius 3 is 2.61 bits per heavy atom. The first-order valence-electron chi connectivity index (χ1n) is 11.5. The van der Waals surface area contributed by atoms with Gasteiger partial charge in [0, 0.05) is 25.9 Å². The van der Waals surface area contributed by atoms with E-state index in [-0.39, 0.29) is 5.91 Å². The molecule has 0 aliphatic rings. The lowest BCUT2D eigenvalue weighted by Gasteiger charge is -2.11. The molecule has 5 nitrogen and oxygen atoms in total. The number of ether oxygens (including phenoxy) is 1. The van der Waals surface area contributed by atoms with E-state index in [0.29, 0.717) is 25.5 Å². The van der Waals surface area contributed by atoms with E-state index in [1.807, 2.05) is 13.0 Å². The molecular formula is C26H35N3O2. The first-order valence-corrected chi connectivity index (χ1v) is 11.5. The van der Waals surface area contributed by atoms with Crippen molar-refractivity contribution in [2.45, 2.75) is 65.3 Å². The maximum absolute atomic E-state index is 11.8. The zero-order chi connectivity index (χ0) is 22.1. The number of unbranched alkanes of at least 4 members (excludes halogenated alkanes) is 1. The van der Waals surface area contributed by atoms with Crippen molar-refractivity contribution in [3.8, 4) is 5.75 Å². The second-order valence-electron chi connectivity index (χ2n) is 8.30. The normalized spacial score (nSPS) is 11.2. The Bertz CT molecular complexity index is 960. The molecule has 3 aromatic rings. The zero-order valence-corrected chi connectivity index (χ0v) is 19.1. The van der Waals surface area contributed by atoms with Crippen LogP contribution < -0.4 is 10.1 Å². The number of carbonyl (C=O) groups is 1. The summed E-state index contributed by atoms with van der Waals surface area (Å²) in [5.41, 5.74) is 3.50. The lowest BCUT2D eigenvalue weighted by atomic mass is 10.0. The van der Waals surface area contributed by atoms with Crippen LogP contribution in [0.15, 0.2) is 48.5 Å². The van der Waals surface area contributed by atoms with Gasteiger partial charge in [-0.2, -0.15) is 0 Å². The van der Waals surface area contributed by atoms with Crippen LogP contribution in [0.3, 0.4) is 0 Å². The van der Waals surface area contributed by atoms with E-state index >= 15 is 0 Å². The monoisotopic (exact) mass is 421 g/mol. The van der Waals surface area contributed by atoms with Crippen LogP contribution in [0.5, 0.6) is 5.75 Å². The summed E-state index contributed by atoms with van der Waals surface area (Å²) in [6.07, 6.45) is 4.18. The number of aromatic nitrogens is 2. The molecule has 0 aliphatic carbocycles. The minimum absolute atomic E-state index is 0.115. The van der Waals surface area contributed by atoms with E-state index in [9.17, 15) is 4.79 Å². The van der Waals surface area contributed by atoms with E-state index < -0.39 is 0 Å². The maximum atomic E-state index is 11.8. The maximum Gasteiger partial charge on any atom is 0.219 e. The molecule has 0 unspecified atom stereocenters. The fourth-order valence-electron chi connectivity index (χ4n) is 3.71. The zero-order valence-electron chi connectivity index (χ0n) is 19.1. The number of hydrogen-bond donors (Lipinski definition) is 1. The summed E-state index contributed by atoms with van der Waals surface area (Å²) in [6.45, 7) is 8.64. The van der Waals surface area contributed by atoms with E-state index in [2.05, 4.69) is 66.2 Å². The van der Waals surface area contributed by atoms with Crippen LogP contribution in [0.1, 0.15) is 63.8 Å². The highest BCUT2D eigenvalue weighted by Crippen LogP contribution is 2.20. The number of benzene rings is 2. The highest BCUT2D eigenvalue weighted by atomic mass is 16.5. The number of fused-ring (bicyclic) bond motifs is 1. The minimum atomic E-state index is 0.115. The molecule has 0 saturated heterocycles. The largest absolute Gasteiger partial charge is 0.494 e. The molecule has 1 N–H and O–H groups in total. The van der Waals surface area contributed by atoms with Crippen molar-refractivity contribution in [2.24, 2.45) is 0 Å². The summed E-state index contributed by atoms with van der Waals surface area (Å²) in [7, 11) is 0. The van der Waals surface area contributed by atoms with E-state index in [4.69, 9.17) is 9.72 Å². The molecule has 166 valence electrons. The summed E-state index contributed by atoms with van der Waals surface area (Å²) < 4.78 is 8.21. The van der Waals surface area contributed by atoms with Gasteiger partial charge in [-0.25, -0.2) is 4.98 Å². The fraction of sp³-hybridized carbons (Fsp3) is 0.462. The molecule has 3 rings (SSSR count). The number of rotatable bonds is 12. The molecule has 1 aromatic heterocycles. The third-order valence-corrected chi connectivity index (χ3v) is 5.47. The first-order chi connectivity index (χ1) is 15.1. The molecule has 0 fully saturated rings. The summed E-state index contributed by atoms with van der Waals surface area (Å²) in [4.78, 5) is 16.6. The van der Waals surface area contributed by atoms with Gasteiger partial charge in [-0.3, -0.25) is 4.79 Å². The Balaban J connectivity index is 1.52. The van der Waals surface area contributed by atoms with Crippen molar-refractivity contribution in [3.05, 3.63) is 59.9 Å². The van der Waals surface area contributed by atoms with E-state index in [0.717, 1.165) is 54.8 Å². The Kier molecular flexibility index (Phi) is 8.51. The summed E-state index contributed by atoms with van der Waals surface area (Å²) >= 11 is 0. The molecule has 5 heteroatoms. The van der Waals surface area contributed by atoms with Crippen LogP contribution in [0.2, 0.25) is 0 Å². The third-order valence-electron chi connectivity index (χ3n) is 5.47. The number of aryl methyl sites for hydroxylation is 1. The molecule has 0 bridgehead atoms. The lowest BCUT2D eigenvalue weighted by Crippen LogP contribution is -2.26. The summed E-state index contributed by atoms with van der Waals surface area (Å²) in [6, 6.07) is 16.6. The van der Waals surface area contributed by atoms with Gasteiger partial charge in [0.25, 0.3) is 0 Å². The van der Waals surface area contributed by atoms with E-state index in [1.165, 1.54) is 5.56 Å². The van der Waals surface area contributed by atoms with Gasteiger partial charge in [-0.05, 0) is 55.0 Å². The molecular weight excluding hydrogens is 386 g/mol. The van der Waals surface area contributed by atoms with Gasteiger partial charge in [0.05, 0.1) is 17.6 Å². The molecule has 1 heterocycles. The number of hydrogen-bond acceptors (Lipinski definition) is 3. The topological polar surface area (TPSA) is 56.2 Å². The van der Waals surface area contributed by atoms with Crippen molar-refractivity contribution in [3.63, 3.8) is 0 Å². The average molecular weight is 422 g/mol. The fourth-order valence-corrected chi connectivity index (χ4v) is 3.71. The van der Waals surface area contributed by atoms with Gasteiger partial charge in [0.2, 0.25) is 5.91 Å². The Morgan fingerprint density at radius 2 is 1.87 bits per heavy atom. The van der Waals surface area contributed by atoms with Crippen LogP contribution >= 0.6 is 0 Å². The summed E-state index contributed by atoms with van der Waals surface area (Å²) in [5, 5.41) is 3.00. The number of nitrogens with one attached hydrogen (secondary N) is 1. The average Bonchev–Trinajstić information content (AvgIpc) is 3.11. The summed E-state index contributed by atoms with van der Waals surface area (Å²) in [5.74, 6) is 2.61. The molecule has 0 spiro atoms. The number of para-hydroxylation sites is 2. The van der Waals surface area contributed by atoms with Crippen LogP contribution in [0.4, 0.5) is 0 Å². The smallest absolute Gasteiger partial charge is 0.219 e. The molecule has 0 atom stereocenters. The van der Waals surface area contributed by atoms with E-state index in [1.54, 1.807) is 0 Å². The van der Waals surface area contributed by atoms with Gasteiger partial charge < -0.3 is 14.6 Å². The van der Waals surface area contributed by atoms with Crippen LogP contribution in [0, 0.1) is 0 Å². The van der Waals surface area contributed by atoms with Crippen molar-refractivity contribution in [1.82, 2.24) is 14.9 Å². The number of imidazole rings is 1. The molecule has 1 amide bonds. The van der Waals surface area contributed by atoms with Crippen molar-refractivity contribution < 1.29 is 9.53 Å². The van der Waals surface area contributed by atoms with Gasteiger partial charge in [0.1, 0.15) is 11.6 Å². The van der Waals surface area contributed by atoms with Crippen molar-refractivity contribution in [1.29, 1.82) is 0 Å².